The molecule has 1 fully saturated rings. The summed E-state index contributed by atoms with van der Waals surface area (Å²) in [4.78, 5) is 10.8. The van der Waals surface area contributed by atoms with Crippen LogP contribution in [0, 0.1) is 16.7 Å². The van der Waals surface area contributed by atoms with Gasteiger partial charge in [-0.25, -0.2) is 0 Å². The molecule has 0 saturated heterocycles. The third-order valence-electron chi connectivity index (χ3n) is 1.97. The van der Waals surface area contributed by atoms with Gasteiger partial charge >= 0.3 is 5.97 Å². The van der Waals surface area contributed by atoms with Gasteiger partial charge < -0.3 is 4.74 Å². The zero-order chi connectivity index (χ0) is 7.78. The number of esters is 1. The van der Waals surface area contributed by atoms with Gasteiger partial charge in [-0.3, -0.25) is 10.2 Å². The number of ether oxygens (including phenoxy) is 1. The Kier molecular flexibility index (Phi) is 1.50. The van der Waals surface area contributed by atoms with Gasteiger partial charge in [0.15, 0.2) is 6.40 Å². The van der Waals surface area contributed by atoms with Gasteiger partial charge in [-0.2, -0.15) is 0 Å². The van der Waals surface area contributed by atoms with Gasteiger partial charge in [-0.05, 0) is 11.8 Å². The van der Waals surface area contributed by atoms with Crippen molar-refractivity contribution in [2.75, 3.05) is 0 Å². The maximum atomic E-state index is 10.8. The van der Waals surface area contributed by atoms with E-state index in [-0.39, 0.29) is 17.3 Å². The molecule has 1 rings (SSSR count). The van der Waals surface area contributed by atoms with Gasteiger partial charge in [0.25, 0.3) is 0 Å². The fraction of sp³-hybridized carbons (Fsp3) is 0.714. The molecule has 3 heteroatoms. The molecule has 0 radical (unpaired) electrons. The first-order valence-electron chi connectivity index (χ1n) is 3.27. The molecular formula is C7H11NO2. The molecule has 3 nitrogen and oxygen atoms in total. The number of nitrogens with one attached hydrogen (secondary N) is 1. The lowest BCUT2D eigenvalue weighted by molar-refractivity contribution is -0.137. The lowest BCUT2D eigenvalue weighted by Gasteiger charge is -1.98. The molecule has 1 atom stereocenters. The number of hydrogen-bond donors (Lipinski definition) is 1. The Balaban J connectivity index is 2.40. The van der Waals surface area contributed by atoms with E-state index in [4.69, 9.17) is 5.41 Å². The van der Waals surface area contributed by atoms with Gasteiger partial charge in [0.05, 0.1) is 5.92 Å². The molecule has 1 aliphatic rings. The summed E-state index contributed by atoms with van der Waals surface area (Å²) < 4.78 is 4.40. The highest BCUT2D eigenvalue weighted by Crippen LogP contribution is 2.52. The van der Waals surface area contributed by atoms with E-state index >= 15 is 0 Å². The molecule has 0 heterocycles. The lowest BCUT2D eigenvalue weighted by atomic mass is 10.1. The van der Waals surface area contributed by atoms with Crippen molar-refractivity contribution in [3.8, 4) is 0 Å². The van der Waals surface area contributed by atoms with E-state index < -0.39 is 0 Å². The van der Waals surface area contributed by atoms with Crippen molar-refractivity contribution >= 4 is 12.4 Å². The maximum absolute atomic E-state index is 10.8. The van der Waals surface area contributed by atoms with E-state index in [1.807, 2.05) is 13.8 Å². The van der Waals surface area contributed by atoms with Crippen molar-refractivity contribution < 1.29 is 9.53 Å². The van der Waals surface area contributed by atoms with Crippen LogP contribution >= 0.6 is 0 Å². The van der Waals surface area contributed by atoms with Crippen LogP contribution in [0.15, 0.2) is 0 Å². The quantitative estimate of drug-likeness (QED) is 0.356. The van der Waals surface area contributed by atoms with Crippen LogP contribution in [0.25, 0.3) is 0 Å². The first kappa shape index (κ1) is 7.25. The first-order valence-corrected chi connectivity index (χ1v) is 3.27. The summed E-state index contributed by atoms with van der Waals surface area (Å²) >= 11 is 0. The van der Waals surface area contributed by atoms with Crippen molar-refractivity contribution in [2.45, 2.75) is 20.3 Å². The average molecular weight is 141 g/mol. The van der Waals surface area contributed by atoms with Crippen LogP contribution in [0.1, 0.15) is 20.3 Å². The van der Waals surface area contributed by atoms with Crippen molar-refractivity contribution in [1.82, 2.24) is 0 Å². The Labute approximate surface area is 59.9 Å². The van der Waals surface area contributed by atoms with E-state index in [9.17, 15) is 4.79 Å². The predicted octanol–water partition coefficient (Wildman–Crippen LogP) is 1.18. The molecule has 10 heavy (non-hydrogen) atoms. The largest absolute Gasteiger partial charge is 0.415 e. The Hall–Kier alpha value is -0.860. The maximum Gasteiger partial charge on any atom is 0.315 e. The molecule has 1 unspecified atom stereocenters. The zero-order valence-electron chi connectivity index (χ0n) is 6.18. The van der Waals surface area contributed by atoms with Crippen LogP contribution in [-0.4, -0.2) is 12.4 Å². The molecule has 0 bridgehead atoms. The van der Waals surface area contributed by atoms with Crippen molar-refractivity contribution in [1.29, 1.82) is 5.41 Å². The minimum Gasteiger partial charge on any atom is -0.415 e. The van der Waals surface area contributed by atoms with Crippen molar-refractivity contribution in [3.05, 3.63) is 0 Å². The van der Waals surface area contributed by atoms with E-state index in [1.165, 1.54) is 0 Å². The second-order valence-electron chi connectivity index (χ2n) is 3.30. The van der Waals surface area contributed by atoms with E-state index in [0.717, 1.165) is 6.42 Å². The van der Waals surface area contributed by atoms with Crippen LogP contribution in [-0.2, 0) is 9.53 Å². The summed E-state index contributed by atoms with van der Waals surface area (Å²) in [5.41, 5.74) is 0.111. The van der Waals surface area contributed by atoms with Crippen LogP contribution < -0.4 is 0 Å². The van der Waals surface area contributed by atoms with Gasteiger partial charge in [-0.15, -0.1) is 0 Å². The Bertz CT molecular complexity index is 174. The number of rotatable bonds is 2. The zero-order valence-corrected chi connectivity index (χ0v) is 6.18. The average Bonchev–Trinajstić information content (AvgIpc) is 2.41. The number of hydrogen-bond acceptors (Lipinski definition) is 3. The molecule has 0 aromatic heterocycles. The highest BCUT2D eigenvalue weighted by molar-refractivity contribution is 5.82. The molecule has 0 aromatic rings. The van der Waals surface area contributed by atoms with Gasteiger partial charge in [0, 0.05) is 0 Å². The second kappa shape index (κ2) is 2.08. The van der Waals surface area contributed by atoms with Crippen LogP contribution in [0.2, 0.25) is 0 Å². The van der Waals surface area contributed by atoms with Crippen LogP contribution in [0.4, 0.5) is 0 Å². The fourth-order valence-electron chi connectivity index (χ4n) is 1.01. The monoisotopic (exact) mass is 141 g/mol. The molecule has 0 aliphatic heterocycles. The molecule has 0 aromatic carbocycles. The summed E-state index contributed by atoms with van der Waals surface area (Å²) in [6.07, 6.45) is 1.58. The predicted molar refractivity (Wildman–Crippen MR) is 36.8 cm³/mol. The third kappa shape index (κ3) is 1.17. The summed E-state index contributed by atoms with van der Waals surface area (Å²) in [5, 5.41) is 6.52. The van der Waals surface area contributed by atoms with Crippen LogP contribution in [0.5, 0.6) is 0 Å². The second-order valence-corrected chi connectivity index (χ2v) is 3.30. The van der Waals surface area contributed by atoms with E-state index in [2.05, 4.69) is 4.74 Å². The molecule has 56 valence electrons. The summed E-state index contributed by atoms with van der Waals surface area (Å²) in [5.74, 6) is -0.242. The van der Waals surface area contributed by atoms with Crippen LogP contribution in [0.3, 0.4) is 0 Å². The molecular weight excluding hydrogens is 130 g/mol. The topological polar surface area (TPSA) is 50.2 Å². The molecule has 1 saturated carbocycles. The number of carbonyl (C=O) groups excluding carboxylic acids is 1. The third-order valence-corrected chi connectivity index (χ3v) is 1.97. The normalized spacial score (nSPS) is 27.2. The standard InChI is InChI=1S/C7H11NO2/c1-7(2)3-5(7)6(9)10-4-8/h4-5,8H,3H2,1-2H3. The highest BCUT2D eigenvalue weighted by atomic mass is 16.5. The van der Waals surface area contributed by atoms with E-state index in [1.54, 1.807) is 0 Å². The molecule has 1 N–H and O–H groups in total. The van der Waals surface area contributed by atoms with E-state index in [0.29, 0.717) is 6.40 Å². The van der Waals surface area contributed by atoms with Gasteiger partial charge in [0.1, 0.15) is 0 Å². The number of carbonyl (C=O) groups is 1. The summed E-state index contributed by atoms with van der Waals surface area (Å²) in [7, 11) is 0. The van der Waals surface area contributed by atoms with Crippen molar-refractivity contribution in [2.24, 2.45) is 11.3 Å². The molecule has 1 aliphatic carbocycles. The smallest absolute Gasteiger partial charge is 0.315 e. The highest BCUT2D eigenvalue weighted by Gasteiger charge is 2.51. The molecule has 0 amide bonds. The lowest BCUT2D eigenvalue weighted by Crippen LogP contribution is -2.08. The van der Waals surface area contributed by atoms with Crippen molar-refractivity contribution in [3.63, 3.8) is 0 Å². The van der Waals surface area contributed by atoms with Gasteiger partial charge in [0.2, 0.25) is 0 Å². The Morgan fingerprint density at radius 3 is 2.60 bits per heavy atom. The molecule has 0 spiro atoms. The minimum absolute atomic E-state index is 0.0223. The fourth-order valence-corrected chi connectivity index (χ4v) is 1.01. The Morgan fingerprint density at radius 2 is 2.30 bits per heavy atom. The summed E-state index contributed by atoms with van der Waals surface area (Å²) in [6.45, 7) is 4.03. The Morgan fingerprint density at radius 1 is 1.80 bits per heavy atom. The first-order chi connectivity index (χ1) is 4.58. The minimum atomic E-state index is -0.264. The van der Waals surface area contributed by atoms with Gasteiger partial charge in [-0.1, -0.05) is 13.8 Å². The summed E-state index contributed by atoms with van der Waals surface area (Å²) in [6, 6.07) is 0. The SMILES string of the molecule is CC1(C)CC1C(=O)OC=N.